The molecule has 2 aromatic rings. The van der Waals surface area contributed by atoms with Gasteiger partial charge in [0.1, 0.15) is 12.4 Å². The van der Waals surface area contributed by atoms with Crippen LogP contribution < -0.4 is 10.1 Å². The summed E-state index contributed by atoms with van der Waals surface area (Å²) in [6, 6.07) is 12.5. The van der Waals surface area contributed by atoms with Gasteiger partial charge in [0, 0.05) is 22.9 Å². The Labute approximate surface area is 133 Å². The number of anilines is 1. The van der Waals surface area contributed by atoms with E-state index >= 15 is 0 Å². The van der Waals surface area contributed by atoms with Gasteiger partial charge in [-0.15, -0.1) is 0 Å². The predicted molar refractivity (Wildman–Crippen MR) is 86.2 cm³/mol. The molecule has 0 unspecified atom stereocenters. The third-order valence-electron chi connectivity index (χ3n) is 3.50. The molecule has 2 aromatic carbocycles. The number of hydrogen-bond acceptors (Lipinski definition) is 4. The number of para-hydroxylation sites is 1. The Morgan fingerprint density at radius 1 is 1.26 bits per heavy atom. The highest BCUT2D eigenvalue weighted by atomic mass is 16.5. The van der Waals surface area contributed by atoms with E-state index in [2.05, 4.69) is 5.32 Å². The number of amides is 1. The van der Waals surface area contributed by atoms with Crippen LogP contribution in [-0.2, 0) is 16.1 Å². The maximum absolute atomic E-state index is 12.0. The topological polar surface area (TPSA) is 64.6 Å². The van der Waals surface area contributed by atoms with E-state index < -0.39 is 0 Å². The Balaban J connectivity index is 1.70. The number of methoxy groups -OCH3 is 1. The first kappa shape index (κ1) is 14.8. The predicted octanol–water partition coefficient (Wildman–Crippen LogP) is 3.02. The number of nitrogens with one attached hydrogen (secondary N) is 1. The Morgan fingerprint density at radius 3 is 2.91 bits per heavy atom. The zero-order valence-electron chi connectivity index (χ0n) is 12.5. The quantitative estimate of drug-likeness (QED) is 0.696. The number of carbonyl (C=O) groups excluding carboxylic acids is 2. The van der Waals surface area contributed by atoms with E-state index in [1.54, 1.807) is 31.4 Å². The highest BCUT2D eigenvalue weighted by Crippen LogP contribution is 2.23. The summed E-state index contributed by atoms with van der Waals surface area (Å²) in [5.41, 5.74) is 2.77. The Bertz CT molecular complexity index is 795. The van der Waals surface area contributed by atoms with Crippen molar-refractivity contribution in [3.05, 3.63) is 65.2 Å². The van der Waals surface area contributed by atoms with Gasteiger partial charge in [-0.2, -0.15) is 0 Å². The van der Waals surface area contributed by atoms with Crippen molar-refractivity contribution in [1.29, 1.82) is 0 Å². The summed E-state index contributed by atoms with van der Waals surface area (Å²) in [5.74, 6) is 0.111. The average Bonchev–Trinajstić information content (AvgIpc) is 2.94. The van der Waals surface area contributed by atoms with Crippen molar-refractivity contribution in [3.63, 3.8) is 0 Å². The van der Waals surface area contributed by atoms with Gasteiger partial charge in [-0.1, -0.05) is 18.2 Å². The molecule has 0 aromatic heterocycles. The van der Waals surface area contributed by atoms with Crippen LogP contribution >= 0.6 is 0 Å². The van der Waals surface area contributed by atoms with Crippen molar-refractivity contribution in [2.24, 2.45) is 0 Å². The Kier molecular flexibility index (Phi) is 4.10. The van der Waals surface area contributed by atoms with Crippen LogP contribution in [0.2, 0.25) is 0 Å². The molecule has 0 saturated heterocycles. The lowest BCUT2D eigenvalue weighted by Crippen LogP contribution is -2.08. The van der Waals surface area contributed by atoms with Gasteiger partial charge in [-0.3, -0.25) is 4.79 Å². The van der Waals surface area contributed by atoms with Crippen LogP contribution in [-0.4, -0.2) is 19.0 Å². The standard InChI is InChI=1S/C18H15NO4/c1-22-16-5-3-2-4-12(16)6-9-17(20)19-14-7-8-15-13(10-14)11-23-18(15)21/h2-10H,11H2,1H3,(H,19,20)/b9-6+. The molecule has 0 radical (unpaired) electrons. The summed E-state index contributed by atoms with van der Waals surface area (Å²) in [4.78, 5) is 23.4. The van der Waals surface area contributed by atoms with E-state index in [0.29, 0.717) is 17.0 Å². The van der Waals surface area contributed by atoms with E-state index in [1.807, 2.05) is 24.3 Å². The zero-order valence-corrected chi connectivity index (χ0v) is 12.5. The molecule has 0 aliphatic carbocycles. The van der Waals surface area contributed by atoms with Crippen LogP contribution in [0.5, 0.6) is 5.75 Å². The number of ether oxygens (including phenoxy) is 2. The highest BCUT2D eigenvalue weighted by Gasteiger charge is 2.20. The molecule has 1 N–H and O–H groups in total. The fourth-order valence-electron chi connectivity index (χ4n) is 2.36. The molecule has 0 fully saturated rings. The van der Waals surface area contributed by atoms with Crippen molar-refractivity contribution >= 4 is 23.6 Å². The average molecular weight is 309 g/mol. The summed E-state index contributed by atoms with van der Waals surface area (Å²) >= 11 is 0. The normalized spacial score (nSPS) is 12.8. The first-order valence-electron chi connectivity index (χ1n) is 7.09. The minimum atomic E-state index is -0.325. The SMILES string of the molecule is COc1ccccc1/C=C/C(=O)Nc1ccc2c(c1)COC2=O. The van der Waals surface area contributed by atoms with Crippen LogP contribution in [0.4, 0.5) is 5.69 Å². The molecule has 0 spiro atoms. The molecule has 1 heterocycles. The zero-order chi connectivity index (χ0) is 16.2. The Hall–Kier alpha value is -3.08. The fraction of sp³-hybridized carbons (Fsp3) is 0.111. The van der Waals surface area contributed by atoms with Gasteiger partial charge in [-0.25, -0.2) is 4.79 Å². The molecular weight excluding hydrogens is 294 g/mol. The summed E-state index contributed by atoms with van der Waals surface area (Å²) in [6.07, 6.45) is 3.13. The number of rotatable bonds is 4. The third-order valence-corrected chi connectivity index (χ3v) is 3.50. The van der Waals surface area contributed by atoms with Crippen molar-refractivity contribution in [3.8, 4) is 5.75 Å². The van der Waals surface area contributed by atoms with E-state index in [4.69, 9.17) is 9.47 Å². The second-order valence-corrected chi connectivity index (χ2v) is 5.01. The fourth-order valence-corrected chi connectivity index (χ4v) is 2.36. The van der Waals surface area contributed by atoms with E-state index in [1.165, 1.54) is 6.08 Å². The molecule has 0 saturated carbocycles. The molecule has 0 atom stereocenters. The lowest BCUT2D eigenvalue weighted by atomic mass is 10.1. The van der Waals surface area contributed by atoms with Gasteiger partial charge >= 0.3 is 5.97 Å². The molecule has 5 heteroatoms. The van der Waals surface area contributed by atoms with Crippen molar-refractivity contribution in [2.45, 2.75) is 6.61 Å². The van der Waals surface area contributed by atoms with Gasteiger partial charge in [0.05, 0.1) is 12.7 Å². The van der Waals surface area contributed by atoms with Crippen LogP contribution in [0.1, 0.15) is 21.5 Å². The highest BCUT2D eigenvalue weighted by molar-refractivity contribution is 6.02. The molecule has 1 aliphatic rings. The van der Waals surface area contributed by atoms with Crippen molar-refractivity contribution in [1.82, 2.24) is 0 Å². The lowest BCUT2D eigenvalue weighted by molar-refractivity contribution is -0.111. The summed E-state index contributed by atoms with van der Waals surface area (Å²) in [7, 11) is 1.58. The second-order valence-electron chi connectivity index (χ2n) is 5.01. The smallest absolute Gasteiger partial charge is 0.338 e. The number of benzene rings is 2. The second kappa shape index (κ2) is 6.36. The molecule has 0 bridgehead atoms. The van der Waals surface area contributed by atoms with Crippen LogP contribution in [0, 0.1) is 0 Å². The number of carbonyl (C=O) groups is 2. The van der Waals surface area contributed by atoms with Gasteiger partial charge in [0.15, 0.2) is 0 Å². The van der Waals surface area contributed by atoms with Crippen molar-refractivity contribution in [2.75, 3.05) is 12.4 Å². The maximum Gasteiger partial charge on any atom is 0.338 e. The molecular formula is C18H15NO4. The van der Waals surface area contributed by atoms with Gasteiger partial charge < -0.3 is 14.8 Å². The van der Waals surface area contributed by atoms with E-state index in [-0.39, 0.29) is 18.5 Å². The van der Waals surface area contributed by atoms with Gasteiger partial charge in [0.25, 0.3) is 0 Å². The number of cyclic esters (lactones) is 1. The van der Waals surface area contributed by atoms with E-state index in [9.17, 15) is 9.59 Å². The van der Waals surface area contributed by atoms with Gasteiger partial charge in [0.2, 0.25) is 5.91 Å². The minimum absolute atomic E-state index is 0.245. The Morgan fingerprint density at radius 2 is 2.09 bits per heavy atom. The van der Waals surface area contributed by atoms with Crippen molar-refractivity contribution < 1.29 is 19.1 Å². The number of hydrogen-bond donors (Lipinski definition) is 1. The molecule has 1 aliphatic heterocycles. The molecule has 5 nitrogen and oxygen atoms in total. The molecule has 3 rings (SSSR count). The first-order valence-corrected chi connectivity index (χ1v) is 7.09. The third kappa shape index (κ3) is 3.23. The largest absolute Gasteiger partial charge is 0.496 e. The summed E-state index contributed by atoms with van der Waals surface area (Å²) in [5, 5.41) is 2.76. The van der Waals surface area contributed by atoms with Crippen LogP contribution in [0.3, 0.4) is 0 Å². The maximum atomic E-state index is 12.0. The van der Waals surface area contributed by atoms with Crippen LogP contribution in [0.25, 0.3) is 6.08 Å². The number of fused-ring (bicyclic) bond motifs is 1. The lowest BCUT2D eigenvalue weighted by Gasteiger charge is -2.05. The molecule has 1 amide bonds. The molecule has 116 valence electrons. The summed E-state index contributed by atoms with van der Waals surface area (Å²) in [6.45, 7) is 0.245. The first-order chi connectivity index (χ1) is 11.2. The van der Waals surface area contributed by atoms with Crippen LogP contribution in [0.15, 0.2) is 48.5 Å². The summed E-state index contributed by atoms with van der Waals surface area (Å²) < 4.78 is 10.2. The monoisotopic (exact) mass is 309 g/mol. The number of esters is 1. The molecule has 23 heavy (non-hydrogen) atoms. The minimum Gasteiger partial charge on any atom is -0.496 e. The van der Waals surface area contributed by atoms with Gasteiger partial charge in [-0.05, 0) is 30.3 Å². The van der Waals surface area contributed by atoms with E-state index in [0.717, 1.165) is 11.1 Å².